The molecule has 1 fully saturated rings. The van der Waals surface area contributed by atoms with E-state index in [0.717, 1.165) is 33.6 Å². The van der Waals surface area contributed by atoms with E-state index in [4.69, 9.17) is 10.7 Å². The van der Waals surface area contributed by atoms with Crippen LogP contribution >= 0.6 is 11.3 Å². The Hall–Kier alpha value is -1.27. The highest BCUT2D eigenvalue weighted by atomic mass is 32.1. The number of nitrogens with two attached hydrogens (primary N) is 1. The van der Waals surface area contributed by atoms with E-state index in [-0.39, 0.29) is 0 Å². The summed E-state index contributed by atoms with van der Waals surface area (Å²) in [5.41, 5.74) is 6.60. The molecule has 2 aromatic rings. The zero-order valence-electron chi connectivity index (χ0n) is 11.9. The van der Waals surface area contributed by atoms with Crippen LogP contribution in [0.5, 0.6) is 0 Å². The van der Waals surface area contributed by atoms with Gasteiger partial charge < -0.3 is 5.73 Å². The standard InChI is InChI=1S/C14H21N5S/c1-9-12(20-11(16-9)7-8-15)14-17-13(18-19-14)10-5-3-2-4-6-10/h10H,2-8,15H2,1H3,(H,17,18,19). The quantitative estimate of drug-likeness (QED) is 0.907. The molecule has 0 bridgehead atoms. The molecule has 0 atom stereocenters. The van der Waals surface area contributed by atoms with Crippen LogP contribution in [0.1, 0.15) is 54.5 Å². The van der Waals surface area contributed by atoms with E-state index in [2.05, 4.69) is 15.2 Å². The topological polar surface area (TPSA) is 80.5 Å². The minimum atomic E-state index is 0.557. The molecule has 1 saturated carbocycles. The predicted octanol–water partition coefficient (Wildman–Crippen LogP) is 2.79. The highest BCUT2D eigenvalue weighted by molar-refractivity contribution is 7.15. The van der Waals surface area contributed by atoms with E-state index >= 15 is 0 Å². The molecule has 3 rings (SSSR count). The van der Waals surface area contributed by atoms with Gasteiger partial charge in [0.2, 0.25) is 0 Å². The van der Waals surface area contributed by atoms with Crippen molar-refractivity contribution < 1.29 is 0 Å². The van der Waals surface area contributed by atoms with Gasteiger partial charge in [-0.2, -0.15) is 5.10 Å². The summed E-state index contributed by atoms with van der Waals surface area (Å²) in [7, 11) is 0. The molecule has 20 heavy (non-hydrogen) atoms. The van der Waals surface area contributed by atoms with E-state index in [1.807, 2.05) is 6.92 Å². The summed E-state index contributed by atoms with van der Waals surface area (Å²) in [6.45, 7) is 2.65. The average molecular weight is 291 g/mol. The average Bonchev–Trinajstić information content (AvgIpc) is 3.07. The number of H-pyrrole nitrogens is 1. The molecule has 0 amide bonds. The maximum Gasteiger partial charge on any atom is 0.193 e. The zero-order chi connectivity index (χ0) is 13.9. The van der Waals surface area contributed by atoms with Crippen molar-refractivity contribution in [2.45, 2.75) is 51.4 Å². The largest absolute Gasteiger partial charge is 0.330 e. The third kappa shape index (κ3) is 2.76. The first-order valence-corrected chi connectivity index (χ1v) is 8.18. The number of nitrogens with zero attached hydrogens (tertiary/aromatic N) is 3. The van der Waals surface area contributed by atoms with Crippen LogP contribution in [-0.2, 0) is 6.42 Å². The second-order valence-corrected chi connectivity index (χ2v) is 6.52. The number of aromatic amines is 1. The molecule has 5 nitrogen and oxygen atoms in total. The minimum absolute atomic E-state index is 0.557. The summed E-state index contributed by atoms with van der Waals surface area (Å²) >= 11 is 1.66. The van der Waals surface area contributed by atoms with Gasteiger partial charge in [0.1, 0.15) is 5.82 Å². The van der Waals surface area contributed by atoms with Crippen LogP contribution in [0.25, 0.3) is 10.7 Å². The van der Waals surface area contributed by atoms with Crippen LogP contribution in [-0.4, -0.2) is 26.7 Å². The van der Waals surface area contributed by atoms with Gasteiger partial charge in [0.25, 0.3) is 0 Å². The van der Waals surface area contributed by atoms with Crippen molar-refractivity contribution >= 4 is 11.3 Å². The van der Waals surface area contributed by atoms with Crippen molar-refractivity contribution in [3.63, 3.8) is 0 Å². The fraction of sp³-hybridized carbons (Fsp3) is 0.643. The summed E-state index contributed by atoms with van der Waals surface area (Å²) in [6.07, 6.45) is 7.25. The van der Waals surface area contributed by atoms with Crippen molar-refractivity contribution in [1.29, 1.82) is 0 Å². The third-order valence-electron chi connectivity index (χ3n) is 3.90. The molecular formula is C14H21N5S. The fourth-order valence-corrected chi connectivity index (χ4v) is 3.84. The lowest BCUT2D eigenvalue weighted by Gasteiger charge is -2.18. The molecule has 1 aliphatic carbocycles. The molecule has 0 aliphatic heterocycles. The maximum absolute atomic E-state index is 5.59. The van der Waals surface area contributed by atoms with Crippen molar-refractivity contribution in [3.8, 4) is 10.7 Å². The van der Waals surface area contributed by atoms with E-state index in [1.165, 1.54) is 32.1 Å². The molecule has 0 spiro atoms. The number of aryl methyl sites for hydroxylation is 1. The monoisotopic (exact) mass is 291 g/mol. The summed E-state index contributed by atoms with van der Waals surface area (Å²) in [5.74, 6) is 2.40. The lowest BCUT2D eigenvalue weighted by Crippen LogP contribution is -2.06. The Bertz CT molecular complexity index is 568. The van der Waals surface area contributed by atoms with Crippen LogP contribution in [0.3, 0.4) is 0 Å². The molecule has 3 N–H and O–H groups in total. The van der Waals surface area contributed by atoms with Gasteiger partial charge in [0.05, 0.1) is 15.6 Å². The second kappa shape index (κ2) is 6.01. The Morgan fingerprint density at radius 2 is 2.05 bits per heavy atom. The highest BCUT2D eigenvalue weighted by Crippen LogP contribution is 2.33. The Morgan fingerprint density at radius 3 is 2.80 bits per heavy atom. The van der Waals surface area contributed by atoms with Gasteiger partial charge >= 0.3 is 0 Å². The maximum atomic E-state index is 5.59. The van der Waals surface area contributed by atoms with Crippen LogP contribution in [0.15, 0.2) is 0 Å². The summed E-state index contributed by atoms with van der Waals surface area (Å²) in [4.78, 5) is 10.3. The first-order chi connectivity index (χ1) is 9.78. The fourth-order valence-electron chi connectivity index (χ4n) is 2.82. The minimum Gasteiger partial charge on any atom is -0.330 e. The summed E-state index contributed by atoms with van der Waals surface area (Å²) in [6, 6.07) is 0. The smallest absolute Gasteiger partial charge is 0.193 e. The molecule has 0 unspecified atom stereocenters. The Morgan fingerprint density at radius 1 is 1.25 bits per heavy atom. The van der Waals surface area contributed by atoms with Crippen LogP contribution in [0.2, 0.25) is 0 Å². The van der Waals surface area contributed by atoms with Crippen molar-refractivity contribution in [2.75, 3.05) is 6.54 Å². The number of nitrogens with one attached hydrogen (secondary N) is 1. The van der Waals surface area contributed by atoms with E-state index in [9.17, 15) is 0 Å². The molecular weight excluding hydrogens is 270 g/mol. The van der Waals surface area contributed by atoms with Gasteiger partial charge in [-0.25, -0.2) is 9.97 Å². The second-order valence-electron chi connectivity index (χ2n) is 5.44. The van der Waals surface area contributed by atoms with Gasteiger partial charge in [-0.3, -0.25) is 5.10 Å². The first-order valence-electron chi connectivity index (χ1n) is 7.37. The SMILES string of the molecule is Cc1nc(CCN)sc1-c1n[nH]c(C2CCCCC2)n1. The molecule has 2 aromatic heterocycles. The van der Waals surface area contributed by atoms with Crippen LogP contribution in [0.4, 0.5) is 0 Å². The van der Waals surface area contributed by atoms with E-state index < -0.39 is 0 Å². The molecule has 0 aromatic carbocycles. The number of rotatable bonds is 4. The Balaban J connectivity index is 1.82. The van der Waals surface area contributed by atoms with Crippen molar-refractivity contribution in [1.82, 2.24) is 20.2 Å². The van der Waals surface area contributed by atoms with Crippen molar-refractivity contribution in [3.05, 3.63) is 16.5 Å². The van der Waals surface area contributed by atoms with Gasteiger partial charge in [0.15, 0.2) is 5.82 Å². The first kappa shape index (κ1) is 13.7. The van der Waals surface area contributed by atoms with Crippen molar-refractivity contribution in [2.24, 2.45) is 5.73 Å². The van der Waals surface area contributed by atoms with Crippen LogP contribution in [0, 0.1) is 6.92 Å². The Labute approximate surface area is 123 Å². The number of hydrogen-bond acceptors (Lipinski definition) is 5. The lowest BCUT2D eigenvalue weighted by atomic mass is 9.89. The molecule has 2 heterocycles. The molecule has 0 radical (unpaired) electrons. The molecule has 0 saturated heterocycles. The van der Waals surface area contributed by atoms with Gasteiger partial charge in [-0.1, -0.05) is 19.3 Å². The van der Waals surface area contributed by atoms with Gasteiger partial charge in [-0.05, 0) is 26.3 Å². The molecule has 1 aliphatic rings. The number of thiazole rings is 1. The zero-order valence-corrected chi connectivity index (χ0v) is 12.7. The van der Waals surface area contributed by atoms with Gasteiger partial charge in [-0.15, -0.1) is 11.3 Å². The van der Waals surface area contributed by atoms with Crippen LogP contribution < -0.4 is 5.73 Å². The summed E-state index contributed by atoms with van der Waals surface area (Å²) in [5, 5.41) is 8.61. The highest BCUT2D eigenvalue weighted by Gasteiger charge is 2.21. The van der Waals surface area contributed by atoms with E-state index in [0.29, 0.717) is 12.5 Å². The van der Waals surface area contributed by atoms with E-state index in [1.54, 1.807) is 11.3 Å². The lowest BCUT2D eigenvalue weighted by molar-refractivity contribution is 0.429. The summed E-state index contributed by atoms with van der Waals surface area (Å²) < 4.78 is 0. The normalized spacial score (nSPS) is 16.7. The Kier molecular flexibility index (Phi) is 4.12. The number of aromatic nitrogens is 4. The molecule has 108 valence electrons. The number of hydrogen-bond donors (Lipinski definition) is 2. The predicted molar refractivity (Wildman–Crippen MR) is 80.8 cm³/mol. The van der Waals surface area contributed by atoms with Gasteiger partial charge in [0, 0.05) is 12.3 Å². The molecule has 6 heteroatoms. The third-order valence-corrected chi connectivity index (χ3v) is 5.11.